The van der Waals surface area contributed by atoms with Gasteiger partial charge in [-0.3, -0.25) is 9.59 Å². The largest absolute Gasteiger partial charge is 0.329 e. The van der Waals surface area contributed by atoms with Gasteiger partial charge in [-0.1, -0.05) is 111 Å². The normalized spacial score (nSPS) is 16.7. The molecule has 0 N–H and O–H groups in total. The van der Waals surface area contributed by atoms with E-state index in [1.165, 1.54) is 16.7 Å². The molecule has 2 atom stereocenters. The molecule has 1 heterocycles. The van der Waals surface area contributed by atoms with Gasteiger partial charge in [0.15, 0.2) is 0 Å². The summed E-state index contributed by atoms with van der Waals surface area (Å²) >= 11 is 0. The summed E-state index contributed by atoms with van der Waals surface area (Å²) in [4.78, 5) is 33.3. The molecule has 0 unspecified atom stereocenters. The Balaban J connectivity index is 1.41. The van der Waals surface area contributed by atoms with Crippen LogP contribution in [0.5, 0.6) is 0 Å². The summed E-state index contributed by atoms with van der Waals surface area (Å²) in [6.45, 7) is 7.43. The third-order valence-electron chi connectivity index (χ3n) is 8.12. The highest BCUT2D eigenvalue weighted by Gasteiger charge is 2.42. The fourth-order valence-corrected chi connectivity index (χ4v) is 5.82. The van der Waals surface area contributed by atoms with E-state index >= 15 is 0 Å². The molecule has 1 saturated heterocycles. The number of benzene rings is 3. The van der Waals surface area contributed by atoms with E-state index in [4.69, 9.17) is 0 Å². The van der Waals surface area contributed by atoms with Gasteiger partial charge in [0.25, 0.3) is 0 Å². The number of piperazine rings is 1. The van der Waals surface area contributed by atoms with Crippen molar-refractivity contribution in [2.45, 2.75) is 64.6 Å². The molecule has 212 valence electrons. The minimum Gasteiger partial charge on any atom is -0.329 e. The maximum atomic E-state index is 13.6. The monoisotopic (exact) mass is 539 g/mol. The summed E-state index contributed by atoms with van der Waals surface area (Å²) in [7, 11) is 2.17. The van der Waals surface area contributed by atoms with Crippen LogP contribution in [0.3, 0.4) is 0 Å². The van der Waals surface area contributed by atoms with Gasteiger partial charge >= 0.3 is 11.8 Å². The molecule has 3 aromatic rings. The Bertz CT molecular complexity index is 1180. The summed E-state index contributed by atoms with van der Waals surface area (Å²) < 4.78 is 0. The molecule has 2 amide bonds. The molecule has 40 heavy (non-hydrogen) atoms. The van der Waals surface area contributed by atoms with Crippen molar-refractivity contribution in [1.29, 1.82) is 0 Å². The van der Waals surface area contributed by atoms with Crippen molar-refractivity contribution in [3.8, 4) is 0 Å². The number of nitrogens with zero attached hydrogens (tertiary/aromatic N) is 3. The summed E-state index contributed by atoms with van der Waals surface area (Å²) in [6, 6.07) is 31.2. The van der Waals surface area contributed by atoms with E-state index in [1.807, 2.05) is 34.1 Å². The average Bonchev–Trinajstić information content (AvgIpc) is 2.97. The third kappa shape index (κ3) is 8.28. The van der Waals surface area contributed by atoms with Crippen LogP contribution in [0.2, 0.25) is 0 Å². The van der Waals surface area contributed by atoms with Gasteiger partial charge in [-0.05, 0) is 61.9 Å². The first-order chi connectivity index (χ1) is 19.4. The molecular formula is C35H45N3O2. The van der Waals surface area contributed by atoms with Crippen molar-refractivity contribution < 1.29 is 9.59 Å². The first-order valence-electron chi connectivity index (χ1n) is 14.8. The number of carbonyl (C=O) groups excluding carboxylic acids is 2. The van der Waals surface area contributed by atoms with Crippen molar-refractivity contribution in [2.24, 2.45) is 5.92 Å². The van der Waals surface area contributed by atoms with Gasteiger partial charge in [0.05, 0.1) is 6.04 Å². The number of unbranched alkanes of at least 4 members (excludes halogenated alkanes) is 1. The third-order valence-corrected chi connectivity index (χ3v) is 8.12. The lowest BCUT2D eigenvalue weighted by molar-refractivity contribution is -0.162. The first-order valence-corrected chi connectivity index (χ1v) is 14.8. The SMILES string of the molecule is CC(C)[C@H]1CN([C@H](CCCCN(C)Cc2ccccc2)Cc2ccccc2)C(=O)C(=O)N1CCc1ccccc1. The Labute approximate surface area is 240 Å². The minimum absolute atomic E-state index is 0.0100. The van der Waals surface area contributed by atoms with Crippen LogP contribution in [-0.4, -0.2) is 65.3 Å². The molecule has 1 aliphatic rings. The molecular weight excluding hydrogens is 494 g/mol. The van der Waals surface area contributed by atoms with Crippen molar-refractivity contribution in [2.75, 3.05) is 26.7 Å². The quantitative estimate of drug-likeness (QED) is 0.191. The second kappa shape index (κ2) is 14.8. The Morgan fingerprint density at radius 3 is 1.95 bits per heavy atom. The predicted octanol–water partition coefficient (Wildman–Crippen LogP) is 5.84. The van der Waals surface area contributed by atoms with E-state index in [0.717, 1.165) is 45.2 Å². The standard InChI is InChI=1S/C35H45N3O2/c1-28(2)33-27-38(35(40)34(39)37(33)24-22-29-15-7-4-8-16-29)32(25-30-17-9-5-10-18-30)21-13-14-23-36(3)26-31-19-11-6-12-20-31/h4-12,15-20,28,32-33H,13-14,21-27H2,1-3H3/t32-,33-/m1/s1. The Morgan fingerprint density at radius 2 is 1.35 bits per heavy atom. The number of amides is 2. The Kier molecular flexibility index (Phi) is 10.9. The summed E-state index contributed by atoms with van der Waals surface area (Å²) in [6.07, 6.45) is 4.49. The van der Waals surface area contributed by atoms with Crippen molar-refractivity contribution in [1.82, 2.24) is 14.7 Å². The van der Waals surface area contributed by atoms with Crippen LogP contribution in [0.25, 0.3) is 0 Å². The van der Waals surface area contributed by atoms with Crippen LogP contribution in [0, 0.1) is 5.92 Å². The predicted molar refractivity (Wildman–Crippen MR) is 163 cm³/mol. The van der Waals surface area contributed by atoms with Gasteiger partial charge in [-0.2, -0.15) is 0 Å². The topological polar surface area (TPSA) is 43.9 Å². The van der Waals surface area contributed by atoms with E-state index < -0.39 is 0 Å². The molecule has 0 saturated carbocycles. The lowest BCUT2D eigenvalue weighted by Crippen LogP contribution is -2.63. The van der Waals surface area contributed by atoms with Crippen molar-refractivity contribution in [3.63, 3.8) is 0 Å². The summed E-state index contributed by atoms with van der Waals surface area (Å²) in [5.74, 6) is -0.423. The molecule has 3 aromatic carbocycles. The van der Waals surface area contributed by atoms with Gasteiger partial charge in [0, 0.05) is 25.7 Å². The van der Waals surface area contributed by atoms with Crippen LogP contribution in [0.4, 0.5) is 0 Å². The van der Waals surface area contributed by atoms with E-state index in [0.29, 0.717) is 13.1 Å². The fourth-order valence-electron chi connectivity index (χ4n) is 5.82. The highest BCUT2D eigenvalue weighted by Crippen LogP contribution is 2.25. The smallest absolute Gasteiger partial charge is 0.312 e. The highest BCUT2D eigenvalue weighted by atomic mass is 16.2. The van der Waals surface area contributed by atoms with E-state index in [1.54, 1.807) is 0 Å². The Hall–Kier alpha value is -3.44. The molecule has 0 spiro atoms. The number of hydrogen-bond donors (Lipinski definition) is 0. The molecule has 5 nitrogen and oxygen atoms in total. The van der Waals surface area contributed by atoms with Crippen molar-refractivity contribution in [3.05, 3.63) is 108 Å². The number of rotatable bonds is 14. The van der Waals surface area contributed by atoms with Crippen LogP contribution in [0.15, 0.2) is 91.0 Å². The zero-order valence-electron chi connectivity index (χ0n) is 24.4. The second-order valence-electron chi connectivity index (χ2n) is 11.6. The molecule has 0 radical (unpaired) electrons. The minimum atomic E-state index is -0.346. The molecule has 5 heteroatoms. The second-order valence-corrected chi connectivity index (χ2v) is 11.6. The number of hydrogen-bond acceptors (Lipinski definition) is 3. The maximum absolute atomic E-state index is 13.6. The van der Waals surface area contributed by atoms with Crippen LogP contribution < -0.4 is 0 Å². The molecule has 1 fully saturated rings. The van der Waals surface area contributed by atoms with E-state index in [-0.39, 0.29) is 29.8 Å². The molecule has 4 rings (SSSR count). The van der Waals surface area contributed by atoms with Gasteiger partial charge in [0.1, 0.15) is 0 Å². The molecule has 0 aromatic heterocycles. The molecule has 0 aliphatic carbocycles. The summed E-state index contributed by atoms with van der Waals surface area (Å²) in [5, 5.41) is 0. The first kappa shape index (κ1) is 29.5. The number of carbonyl (C=O) groups is 2. The fraction of sp³-hybridized carbons (Fsp3) is 0.429. The Morgan fingerprint density at radius 1 is 0.775 bits per heavy atom. The van der Waals surface area contributed by atoms with Gasteiger partial charge in [0.2, 0.25) is 0 Å². The van der Waals surface area contributed by atoms with E-state index in [9.17, 15) is 9.59 Å². The molecule has 1 aliphatic heterocycles. The maximum Gasteiger partial charge on any atom is 0.312 e. The van der Waals surface area contributed by atoms with Gasteiger partial charge in [-0.25, -0.2) is 0 Å². The van der Waals surface area contributed by atoms with E-state index in [2.05, 4.69) is 92.5 Å². The summed E-state index contributed by atoms with van der Waals surface area (Å²) in [5.41, 5.74) is 3.72. The zero-order chi connectivity index (χ0) is 28.3. The lowest BCUT2D eigenvalue weighted by Gasteiger charge is -2.45. The van der Waals surface area contributed by atoms with Crippen molar-refractivity contribution >= 4 is 11.8 Å². The van der Waals surface area contributed by atoms with Gasteiger partial charge in [-0.15, -0.1) is 0 Å². The zero-order valence-corrected chi connectivity index (χ0v) is 24.4. The lowest BCUT2D eigenvalue weighted by atomic mass is 9.93. The highest BCUT2D eigenvalue weighted by molar-refractivity contribution is 6.35. The van der Waals surface area contributed by atoms with Gasteiger partial charge < -0.3 is 14.7 Å². The van der Waals surface area contributed by atoms with Crippen LogP contribution in [0.1, 0.15) is 49.8 Å². The van der Waals surface area contributed by atoms with Crippen LogP contribution >= 0.6 is 0 Å². The van der Waals surface area contributed by atoms with Crippen LogP contribution in [-0.2, 0) is 29.0 Å². The molecule has 0 bridgehead atoms. The average molecular weight is 540 g/mol.